The van der Waals surface area contributed by atoms with Crippen LogP contribution in [0.3, 0.4) is 0 Å². The lowest BCUT2D eigenvalue weighted by atomic mass is 9.94. The van der Waals surface area contributed by atoms with Gasteiger partial charge in [0.15, 0.2) is 0 Å². The molecule has 144 valence electrons. The third-order valence-electron chi connectivity index (χ3n) is 5.71. The van der Waals surface area contributed by atoms with Crippen LogP contribution >= 0.6 is 0 Å². The van der Waals surface area contributed by atoms with E-state index < -0.39 is 0 Å². The molecule has 5 heteroatoms. The van der Waals surface area contributed by atoms with Crippen LogP contribution in [-0.4, -0.2) is 25.2 Å². The number of allylic oxidation sites excluding steroid dienone is 1. The molecule has 0 radical (unpaired) electrons. The van der Waals surface area contributed by atoms with Crippen LogP contribution in [0.25, 0.3) is 16.7 Å². The first kappa shape index (κ1) is 17.6. The fourth-order valence-electron chi connectivity index (χ4n) is 4.21. The highest BCUT2D eigenvalue weighted by atomic mass is 15.1. The van der Waals surface area contributed by atoms with Crippen molar-refractivity contribution in [2.75, 3.05) is 0 Å². The number of rotatable bonds is 4. The molecule has 4 heterocycles. The van der Waals surface area contributed by atoms with Crippen molar-refractivity contribution in [3.8, 4) is 0 Å². The van der Waals surface area contributed by atoms with E-state index in [0.717, 1.165) is 52.4 Å². The molecule has 0 amide bonds. The molecule has 5 rings (SSSR count). The Morgan fingerprint density at radius 2 is 2.14 bits per heavy atom. The summed E-state index contributed by atoms with van der Waals surface area (Å²) in [4.78, 5) is 17.2. The Bertz CT molecular complexity index is 1240. The number of pyridine rings is 1. The molecule has 0 saturated heterocycles. The van der Waals surface area contributed by atoms with E-state index in [2.05, 4.69) is 69.0 Å². The minimum absolute atomic E-state index is 0.360. The van der Waals surface area contributed by atoms with E-state index in [9.17, 15) is 0 Å². The van der Waals surface area contributed by atoms with Crippen LogP contribution < -0.4 is 0 Å². The predicted octanol–water partition coefficient (Wildman–Crippen LogP) is 5.17. The molecule has 3 aromatic heterocycles. The summed E-state index contributed by atoms with van der Waals surface area (Å²) < 4.78 is 2.25. The molecule has 1 N–H and O–H groups in total. The average molecular weight is 381 g/mol. The summed E-state index contributed by atoms with van der Waals surface area (Å²) in [7, 11) is 0. The Kier molecular flexibility index (Phi) is 4.35. The highest BCUT2D eigenvalue weighted by Crippen LogP contribution is 2.33. The molecule has 0 spiro atoms. The number of hydrogen-bond donors (Lipinski definition) is 1. The quantitative estimate of drug-likeness (QED) is 0.496. The fourth-order valence-corrected chi connectivity index (χ4v) is 4.21. The number of aliphatic imine (C=N–C) groups is 1. The third kappa shape index (κ3) is 3.09. The number of aromatic amines is 1. The summed E-state index contributed by atoms with van der Waals surface area (Å²) in [5.74, 6) is 1.52. The Labute approximate surface area is 169 Å². The van der Waals surface area contributed by atoms with Crippen molar-refractivity contribution < 1.29 is 0 Å². The maximum Gasteiger partial charge on any atom is 0.137 e. The van der Waals surface area contributed by atoms with Crippen LogP contribution in [0.2, 0.25) is 0 Å². The molecular formula is C24H23N5. The topological polar surface area (TPSA) is 58.9 Å². The van der Waals surface area contributed by atoms with Crippen LogP contribution in [0.15, 0.2) is 72.3 Å². The monoisotopic (exact) mass is 381 g/mol. The van der Waals surface area contributed by atoms with Gasteiger partial charge in [-0.3, -0.25) is 4.99 Å². The molecule has 0 aliphatic carbocycles. The van der Waals surface area contributed by atoms with E-state index in [1.807, 2.05) is 25.4 Å². The van der Waals surface area contributed by atoms with Gasteiger partial charge in [0.1, 0.15) is 11.5 Å². The van der Waals surface area contributed by atoms with Gasteiger partial charge in [-0.2, -0.15) is 0 Å². The van der Waals surface area contributed by atoms with Crippen LogP contribution in [0.1, 0.15) is 48.7 Å². The largest absolute Gasteiger partial charge is 0.345 e. The highest BCUT2D eigenvalue weighted by molar-refractivity contribution is 6.03. The van der Waals surface area contributed by atoms with E-state index in [1.54, 1.807) is 6.20 Å². The molecule has 29 heavy (non-hydrogen) atoms. The summed E-state index contributed by atoms with van der Waals surface area (Å²) in [6.07, 6.45) is 10.9. The van der Waals surface area contributed by atoms with Crippen molar-refractivity contribution in [3.05, 3.63) is 89.8 Å². The van der Waals surface area contributed by atoms with Gasteiger partial charge in [-0.15, -0.1) is 0 Å². The number of H-pyrrole nitrogens is 1. The molecule has 0 saturated carbocycles. The third-order valence-corrected chi connectivity index (χ3v) is 5.71. The summed E-state index contributed by atoms with van der Waals surface area (Å²) in [6, 6.07) is 12.8. The predicted molar refractivity (Wildman–Crippen MR) is 117 cm³/mol. The maximum absolute atomic E-state index is 4.97. The van der Waals surface area contributed by atoms with E-state index in [4.69, 9.17) is 4.99 Å². The van der Waals surface area contributed by atoms with Gasteiger partial charge in [0.25, 0.3) is 0 Å². The second-order valence-corrected chi connectivity index (χ2v) is 7.42. The number of nitrogens with one attached hydrogen (secondary N) is 1. The lowest BCUT2D eigenvalue weighted by Crippen LogP contribution is -2.02. The van der Waals surface area contributed by atoms with E-state index in [-0.39, 0.29) is 0 Å². The summed E-state index contributed by atoms with van der Waals surface area (Å²) in [6.45, 7) is 5.13. The number of hydrogen-bond acceptors (Lipinski definition) is 3. The smallest absolute Gasteiger partial charge is 0.137 e. The van der Waals surface area contributed by atoms with Crippen LogP contribution in [-0.2, 0) is 6.54 Å². The number of aromatic nitrogens is 4. The van der Waals surface area contributed by atoms with Gasteiger partial charge in [0, 0.05) is 53.9 Å². The number of imidazole rings is 1. The Hall–Kier alpha value is -3.47. The van der Waals surface area contributed by atoms with Crippen LogP contribution in [0, 0.1) is 0 Å². The number of fused-ring (bicyclic) bond motifs is 2. The van der Waals surface area contributed by atoms with Gasteiger partial charge in [-0.05, 0) is 49.6 Å². The van der Waals surface area contributed by atoms with Gasteiger partial charge < -0.3 is 9.55 Å². The lowest BCUT2D eigenvalue weighted by Gasteiger charge is -2.11. The molecule has 1 aliphatic heterocycles. The minimum Gasteiger partial charge on any atom is -0.345 e. The fraction of sp³-hybridized carbons (Fsp3) is 0.208. The van der Waals surface area contributed by atoms with E-state index in [0.29, 0.717) is 5.92 Å². The van der Waals surface area contributed by atoms with Gasteiger partial charge in [-0.1, -0.05) is 24.3 Å². The van der Waals surface area contributed by atoms with Crippen molar-refractivity contribution in [1.82, 2.24) is 19.5 Å². The molecule has 0 bridgehead atoms. The van der Waals surface area contributed by atoms with Gasteiger partial charge in [-0.25, -0.2) is 9.97 Å². The van der Waals surface area contributed by atoms with Gasteiger partial charge in [0.2, 0.25) is 0 Å². The molecule has 1 atom stereocenters. The Balaban J connectivity index is 1.49. The molecular weight excluding hydrogens is 358 g/mol. The van der Waals surface area contributed by atoms with Crippen LogP contribution in [0.4, 0.5) is 0 Å². The number of nitrogens with zero attached hydrogens (tertiary/aromatic N) is 4. The van der Waals surface area contributed by atoms with Crippen molar-refractivity contribution in [1.29, 1.82) is 0 Å². The second-order valence-electron chi connectivity index (χ2n) is 7.42. The van der Waals surface area contributed by atoms with Crippen molar-refractivity contribution in [3.63, 3.8) is 0 Å². The summed E-state index contributed by atoms with van der Waals surface area (Å²) in [5.41, 5.74) is 6.35. The van der Waals surface area contributed by atoms with Crippen LogP contribution in [0.5, 0.6) is 0 Å². The number of benzene rings is 1. The molecule has 0 fully saturated rings. The summed E-state index contributed by atoms with van der Waals surface area (Å²) >= 11 is 0. The van der Waals surface area contributed by atoms with Crippen molar-refractivity contribution in [2.45, 2.75) is 32.7 Å². The second kappa shape index (κ2) is 7.17. The van der Waals surface area contributed by atoms with Crippen molar-refractivity contribution >= 4 is 22.4 Å². The molecule has 4 aromatic rings. The molecule has 5 nitrogen and oxygen atoms in total. The normalized spacial score (nSPS) is 17.1. The first-order chi connectivity index (χ1) is 14.2. The maximum atomic E-state index is 4.97. The lowest BCUT2D eigenvalue weighted by molar-refractivity contribution is 0.720. The molecule has 1 aliphatic rings. The Morgan fingerprint density at radius 3 is 3.03 bits per heavy atom. The zero-order valence-corrected chi connectivity index (χ0v) is 16.6. The first-order valence-corrected chi connectivity index (χ1v) is 10.00. The zero-order valence-electron chi connectivity index (χ0n) is 16.6. The van der Waals surface area contributed by atoms with E-state index >= 15 is 0 Å². The zero-order chi connectivity index (χ0) is 19.8. The SMILES string of the molecule is C/C=C(\N=C(C)c1cccc(C2CCn3ccnc32)c1)c1c[nH]c2ncccc12. The highest BCUT2D eigenvalue weighted by Gasteiger charge is 2.25. The molecule has 1 aromatic carbocycles. The number of aryl methyl sites for hydroxylation is 1. The van der Waals surface area contributed by atoms with Crippen molar-refractivity contribution in [2.24, 2.45) is 4.99 Å². The van der Waals surface area contributed by atoms with Gasteiger partial charge in [0.05, 0.1) is 5.70 Å². The molecule has 1 unspecified atom stereocenters. The standard InChI is InChI=1S/C24H23N5/c1-3-22(21-15-27-23-20(21)8-5-10-25-23)28-16(2)17-6-4-7-18(14-17)19-9-12-29-13-11-26-24(19)29/h3-8,10-11,13-15,19H,9,12H2,1-2H3,(H,25,27)/b22-3-,28-16?. The minimum atomic E-state index is 0.360. The average Bonchev–Trinajstić information content (AvgIpc) is 3.47. The summed E-state index contributed by atoms with van der Waals surface area (Å²) in [5, 5.41) is 1.09. The van der Waals surface area contributed by atoms with Gasteiger partial charge >= 0.3 is 0 Å². The van der Waals surface area contributed by atoms with E-state index in [1.165, 1.54) is 5.56 Å². The first-order valence-electron chi connectivity index (χ1n) is 10.00. The Morgan fingerprint density at radius 1 is 1.21 bits per heavy atom.